The normalized spacial score (nSPS) is 17.4. The maximum atomic E-state index is 14.5. The smallest absolute Gasteiger partial charge is 0.243 e. The minimum absolute atomic E-state index is 0.111. The van der Waals surface area contributed by atoms with Gasteiger partial charge in [-0.1, -0.05) is 43.0 Å². The molecule has 3 rings (SSSR count). The molecule has 8 heteroatoms. The summed E-state index contributed by atoms with van der Waals surface area (Å²) >= 11 is 0. The van der Waals surface area contributed by atoms with Crippen LogP contribution in [-0.2, 0) is 32.0 Å². The number of benzene rings is 2. The third-order valence-electron chi connectivity index (χ3n) is 7.40. The lowest BCUT2D eigenvalue weighted by Crippen LogP contribution is -2.34. The van der Waals surface area contributed by atoms with Crippen LogP contribution in [0.1, 0.15) is 34.6 Å². The van der Waals surface area contributed by atoms with Crippen LogP contribution >= 0.6 is 0 Å². The Morgan fingerprint density at radius 3 is 2.35 bits per heavy atom. The van der Waals surface area contributed by atoms with Gasteiger partial charge in [0.05, 0.1) is 33.0 Å². The highest BCUT2D eigenvalue weighted by Crippen LogP contribution is 2.32. The van der Waals surface area contributed by atoms with Crippen molar-refractivity contribution in [3.63, 3.8) is 0 Å². The van der Waals surface area contributed by atoms with Gasteiger partial charge in [0.2, 0.25) is 5.91 Å². The molecule has 2 aromatic carbocycles. The molecule has 220 valence electrons. The van der Waals surface area contributed by atoms with E-state index in [0.717, 1.165) is 37.1 Å². The minimum Gasteiger partial charge on any atom is -0.379 e. The highest BCUT2D eigenvalue weighted by molar-refractivity contribution is 5.86. The largest absolute Gasteiger partial charge is 0.379 e. The Kier molecular flexibility index (Phi) is 13.8. The van der Waals surface area contributed by atoms with Crippen LogP contribution in [0.3, 0.4) is 0 Å². The van der Waals surface area contributed by atoms with Gasteiger partial charge in [-0.05, 0) is 62.7 Å². The zero-order valence-corrected chi connectivity index (χ0v) is 24.4. The number of hydrogen-bond acceptors (Lipinski definition) is 6. The van der Waals surface area contributed by atoms with Gasteiger partial charge in [-0.2, -0.15) is 0 Å². The number of aryl methyl sites for hydroxylation is 2. The molecule has 1 unspecified atom stereocenters. The van der Waals surface area contributed by atoms with Gasteiger partial charge in [-0.25, -0.2) is 4.39 Å². The van der Waals surface area contributed by atoms with E-state index in [-0.39, 0.29) is 11.7 Å². The molecule has 0 aliphatic carbocycles. The first-order valence-electron chi connectivity index (χ1n) is 14.2. The van der Waals surface area contributed by atoms with Gasteiger partial charge in [0.25, 0.3) is 0 Å². The third-order valence-corrected chi connectivity index (χ3v) is 7.40. The van der Waals surface area contributed by atoms with E-state index in [0.29, 0.717) is 64.7 Å². The average molecular weight is 556 g/mol. The second kappa shape index (κ2) is 17.3. The maximum absolute atomic E-state index is 14.5. The van der Waals surface area contributed by atoms with E-state index in [4.69, 9.17) is 14.2 Å². The fraction of sp³-hybridized carbons (Fsp3) is 0.531. The number of halogens is 1. The van der Waals surface area contributed by atoms with Gasteiger partial charge < -0.3 is 24.4 Å². The topological polar surface area (TPSA) is 63.3 Å². The SMILES string of the molecule is C=CC(=O)NCCOCCOCCOCCCc1ccc([C@H]2CN(Cc3c(C)cccc3F)CC2N(C)C)cc1. The fourth-order valence-electron chi connectivity index (χ4n) is 5.11. The van der Waals surface area contributed by atoms with Crippen molar-refractivity contribution in [1.29, 1.82) is 0 Å². The van der Waals surface area contributed by atoms with Crippen LogP contribution in [0.5, 0.6) is 0 Å². The van der Waals surface area contributed by atoms with E-state index in [9.17, 15) is 9.18 Å². The Balaban J connectivity index is 1.31. The summed E-state index contributed by atoms with van der Waals surface area (Å²) in [5.74, 6) is 0.0833. The molecule has 1 heterocycles. The standard InChI is InChI=1S/C32H46FN3O4/c1-5-32(37)34-15-17-39-19-21-40-20-18-38-16-7-9-26-11-13-27(14-12-26)29-23-36(24-31(29)35(3)4)22-28-25(2)8-6-10-30(28)33/h5-6,8,10-14,29,31H,1,7,9,15-24H2,2-4H3,(H,34,37)/t29-,31?/m1/s1. The van der Waals surface area contributed by atoms with Crippen LogP contribution in [0.25, 0.3) is 0 Å². The first-order valence-corrected chi connectivity index (χ1v) is 14.2. The van der Waals surface area contributed by atoms with Crippen LogP contribution in [0, 0.1) is 12.7 Å². The molecule has 1 saturated heterocycles. The van der Waals surface area contributed by atoms with Crippen LogP contribution in [0.15, 0.2) is 55.1 Å². The van der Waals surface area contributed by atoms with Crippen molar-refractivity contribution < 1.29 is 23.4 Å². The molecule has 2 aromatic rings. The molecule has 1 amide bonds. The first-order chi connectivity index (χ1) is 19.4. The van der Waals surface area contributed by atoms with Crippen LogP contribution < -0.4 is 5.32 Å². The molecule has 1 aliphatic heterocycles. The summed E-state index contributed by atoms with van der Waals surface area (Å²) in [5, 5.41) is 2.65. The number of nitrogens with zero attached hydrogens (tertiary/aromatic N) is 2. The number of carbonyl (C=O) groups is 1. The quantitative estimate of drug-likeness (QED) is 0.222. The minimum atomic E-state index is -0.197. The first kappa shape index (κ1) is 31.9. The number of carbonyl (C=O) groups excluding carboxylic acids is 1. The summed E-state index contributed by atoms with van der Waals surface area (Å²) in [7, 11) is 4.27. The summed E-state index contributed by atoms with van der Waals surface area (Å²) in [6.07, 6.45) is 3.17. The second-order valence-corrected chi connectivity index (χ2v) is 10.5. The van der Waals surface area contributed by atoms with Gasteiger partial charge in [0.15, 0.2) is 0 Å². The van der Waals surface area contributed by atoms with Gasteiger partial charge in [0.1, 0.15) is 5.82 Å². The molecule has 0 saturated carbocycles. The van der Waals surface area contributed by atoms with Crippen molar-refractivity contribution in [2.24, 2.45) is 0 Å². The highest BCUT2D eigenvalue weighted by Gasteiger charge is 2.35. The Morgan fingerprint density at radius 2 is 1.70 bits per heavy atom. The molecule has 0 aromatic heterocycles. The van der Waals surface area contributed by atoms with Crippen molar-refractivity contribution in [1.82, 2.24) is 15.1 Å². The van der Waals surface area contributed by atoms with E-state index in [1.54, 1.807) is 12.1 Å². The van der Waals surface area contributed by atoms with Crippen molar-refractivity contribution >= 4 is 5.91 Å². The molecule has 0 spiro atoms. The van der Waals surface area contributed by atoms with Crippen molar-refractivity contribution in [3.05, 3.63) is 83.2 Å². The third kappa shape index (κ3) is 10.4. The molecular formula is C32H46FN3O4. The lowest BCUT2D eigenvalue weighted by atomic mass is 9.92. The molecule has 2 atom stereocenters. The number of hydrogen-bond donors (Lipinski definition) is 1. The molecule has 0 radical (unpaired) electrons. The molecule has 1 N–H and O–H groups in total. The van der Waals surface area contributed by atoms with Crippen LogP contribution in [-0.4, -0.2) is 95.1 Å². The lowest BCUT2D eigenvalue weighted by Gasteiger charge is -2.25. The van der Waals surface area contributed by atoms with Crippen LogP contribution in [0.2, 0.25) is 0 Å². The van der Waals surface area contributed by atoms with Gasteiger partial charge in [-0.15, -0.1) is 0 Å². The summed E-state index contributed by atoms with van der Waals surface area (Å²) in [5.41, 5.74) is 4.47. The fourth-order valence-corrected chi connectivity index (χ4v) is 5.11. The van der Waals surface area contributed by atoms with Gasteiger partial charge in [0, 0.05) is 50.3 Å². The van der Waals surface area contributed by atoms with E-state index < -0.39 is 0 Å². The number of amides is 1. The Bertz CT molecular complexity index is 1030. The molecule has 1 aliphatic rings. The summed E-state index contributed by atoms with van der Waals surface area (Å²) in [6, 6.07) is 14.7. The Morgan fingerprint density at radius 1 is 1.02 bits per heavy atom. The second-order valence-electron chi connectivity index (χ2n) is 10.5. The van der Waals surface area contributed by atoms with Crippen molar-refractivity contribution in [3.8, 4) is 0 Å². The number of nitrogens with one attached hydrogen (secondary N) is 1. The van der Waals surface area contributed by atoms with Crippen LogP contribution in [0.4, 0.5) is 4.39 Å². The summed E-state index contributed by atoms with van der Waals surface area (Å²) < 4.78 is 31.0. The van der Waals surface area contributed by atoms with Gasteiger partial charge in [-0.3, -0.25) is 9.69 Å². The van der Waals surface area contributed by atoms with E-state index >= 15 is 0 Å². The Hall–Kier alpha value is -2.62. The van der Waals surface area contributed by atoms with E-state index in [2.05, 4.69) is 60.1 Å². The number of likely N-dealkylation sites (N-methyl/N-ethyl adjacent to an activating group) is 1. The number of likely N-dealkylation sites (tertiary alicyclic amines) is 1. The van der Waals surface area contributed by atoms with Gasteiger partial charge >= 0.3 is 0 Å². The lowest BCUT2D eigenvalue weighted by molar-refractivity contribution is -0.116. The summed E-state index contributed by atoms with van der Waals surface area (Å²) in [6.45, 7) is 11.6. The summed E-state index contributed by atoms with van der Waals surface area (Å²) in [4.78, 5) is 15.7. The Labute approximate surface area is 239 Å². The molecule has 0 bridgehead atoms. The van der Waals surface area contributed by atoms with Crippen molar-refractivity contribution in [2.75, 3.05) is 73.4 Å². The zero-order chi connectivity index (χ0) is 28.7. The number of ether oxygens (including phenoxy) is 3. The average Bonchev–Trinajstić information content (AvgIpc) is 3.38. The van der Waals surface area contributed by atoms with E-state index in [1.165, 1.54) is 17.2 Å². The highest BCUT2D eigenvalue weighted by atomic mass is 19.1. The predicted octanol–water partition coefficient (Wildman–Crippen LogP) is 3.95. The molecule has 40 heavy (non-hydrogen) atoms. The number of rotatable bonds is 18. The molecule has 1 fully saturated rings. The maximum Gasteiger partial charge on any atom is 0.243 e. The molecule has 7 nitrogen and oxygen atoms in total. The van der Waals surface area contributed by atoms with Crippen molar-refractivity contribution in [2.45, 2.75) is 38.3 Å². The molecular weight excluding hydrogens is 509 g/mol. The zero-order valence-electron chi connectivity index (χ0n) is 24.4. The monoisotopic (exact) mass is 555 g/mol. The predicted molar refractivity (Wildman–Crippen MR) is 157 cm³/mol. The van der Waals surface area contributed by atoms with E-state index in [1.807, 2.05) is 13.0 Å².